The summed E-state index contributed by atoms with van der Waals surface area (Å²) >= 11 is 2.71. The maximum absolute atomic E-state index is 11.5. The van der Waals surface area contributed by atoms with Gasteiger partial charge in [-0.05, 0) is 22.9 Å². The molecule has 0 unspecified atom stereocenters. The summed E-state index contributed by atoms with van der Waals surface area (Å²) in [6, 6.07) is 7.06. The second-order valence-electron chi connectivity index (χ2n) is 3.35. The molecule has 0 saturated heterocycles. The van der Waals surface area contributed by atoms with E-state index in [-0.39, 0.29) is 18.5 Å². The molecule has 6 heteroatoms. The smallest absolute Gasteiger partial charge is 0.348 e. The maximum atomic E-state index is 11.5. The number of hydrogen-bond acceptors (Lipinski definition) is 5. The molecule has 0 aliphatic heterocycles. The Bertz CT molecular complexity index is 457. The highest BCUT2D eigenvalue weighted by Gasteiger charge is 2.08. The zero-order valence-electron chi connectivity index (χ0n) is 9.42. The molecule has 2 rings (SSSR count). The van der Waals surface area contributed by atoms with Crippen molar-refractivity contribution in [3.05, 3.63) is 44.8 Å². The van der Waals surface area contributed by atoms with Crippen LogP contribution in [0, 0.1) is 0 Å². The van der Waals surface area contributed by atoms with E-state index in [4.69, 9.17) is 4.74 Å². The molecular weight excluding hydrogens is 270 g/mol. The molecule has 94 valence electrons. The van der Waals surface area contributed by atoms with Gasteiger partial charge in [0.15, 0.2) is 0 Å². The lowest BCUT2D eigenvalue weighted by atomic mass is 10.4. The predicted molar refractivity (Wildman–Crippen MR) is 71.3 cm³/mol. The first kappa shape index (κ1) is 12.8. The first-order chi connectivity index (χ1) is 8.77. The highest BCUT2D eigenvalue weighted by atomic mass is 32.1. The fourth-order valence-electron chi connectivity index (χ4n) is 1.27. The fourth-order valence-corrected chi connectivity index (χ4v) is 2.53. The molecular formula is C12H11NO3S2. The van der Waals surface area contributed by atoms with E-state index in [9.17, 15) is 9.59 Å². The van der Waals surface area contributed by atoms with Gasteiger partial charge in [0.2, 0.25) is 0 Å². The van der Waals surface area contributed by atoms with Gasteiger partial charge in [-0.2, -0.15) is 0 Å². The van der Waals surface area contributed by atoms with Gasteiger partial charge in [-0.1, -0.05) is 12.1 Å². The summed E-state index contributed by atoms with van der Waals surface area (Å²) in [4.78, 5) is 24.2. The van der Waals surface area contributed by atoms with Crippen LogP contribution in [0.1, 0.15) is 19.3 Å². The standard InChI is InChI=1S/C12H11NO3S2/c14-11(9-3-1-7-17-9)13-5-6-16-12(15)10-4-2-8-18-10/h1-4,7-8H,5-6H2,(H,13,14). The Labute approximate surface area is 112 Å². The molecule has 2 heterocycles. The number of nitrogens with one attached hydrogen (secondary N) is 1. The molecule has 0 atom stereocenters. The van der Waals surface area contributed by atoms with Gasteiger partial charge in [-0.15, -0.1) is 22.7 Å². The summed E-state index contributed by atoms with van der Waals surface area (Å²) < 4.78 is 5.01. The van der Waals surface area contributed by atoms with Crippen LogP contribution in [0.2, 0.25) is 0 Å². The highest BCUT2D eigenvalue weighted by Crippen LogP contribution is 2.10. The van der Waals surface area contributed by atoms with Crippen molar-refractivity contribution in [3.63, 3.8) is 0 Å². The summed E-state index contributed by atoms with van der Waals surface area (Å²) in [5.74, 6) is -0.493. The van der Waals surface area contributed by atoms with Crippen LogP contribution in [0.4, 0.5) is 0 Å². The average Bonchev–Trinajstić information content (AvgIpc) is 3.05. The lowest BCUT2D eigenvalue weighted by Crippen LogP contribution is -2.27. The lowest BCUT2D eigenvalue weighted by Gasteiger charge is -2.04. The predicted octanol–water partition coefficient (Wildman–Crippen LogP) is 2.40. The van der Waals surface area contributed by atoms with E-state index in [0.29, 0.717) is 16.3 Å². The number of amides is 1. The van der Waals surface area contributed by atoms with Gasteiger partial charge in [0.25, 0.3) is 5.91 Å². The summed E-state index contributed by atoms with van der Waals surface area (Å²) in [6.07, 6.45) is 0. The van der Waals surface area contributed by atoms with Crippen LogP contribution >= 0.6 is 22.7 Å². The molecule has 4 nitrogen and oxygen atoms in total. The maximum Gasteiger partial charge on any atom is 0.348 e. The van der Waals surface area contributed by atoms with Crippen LogP contribution in [0.5, 0.6) is 0 Å². The normalized spacial score (nSPS) is 10.0. The summed E-state index contributed by atoms with van der Waals surface area (Å²) in [7, 11) is 0. The first-order valence-corrected chi connectivity index (χ1v) is 7.05. The van der Waals surface area contributed by atoms with Crippen molar-refractivity contribution >= 4 is 34.6 Å². The minimum Gasteiger partial charge on any atom is -0.460 e. The molecule has 0 aliphatic rings. The molecule has 0 fully saturated rings. The number of carbonyl (C=O) groups excluding carboxylic acids is 2. The SMILES string of the molecule is O=C(NCCOC(=O)c1cccs1)c1cccs1. The molecule has 2 aromatic rings. The molecule has 0 saturated carbocycles. The van der Waals surface area contributed by atoms with Gasteiger partial charge in [0.1, 0.15) is 11.5 Å². The van der Waals surface area contributed by atoms with Crippen molar-refractivity contribution in [2.45, 2.75) is 0 Å². The highest BCUT2D eigenvalue weighted by molar-refractivity contribution is 7.12. The van der Waals surface area contributed by atoms with Crippen molar-refractivity contribution in [1.29, 1.82) is 0 Å². The molecule has 1 N–H and O–H groups in total. The molecule has 1 amide bonds. The molecule has 0 bridgehead atoms. The van der Waals surface area contributed by atoms with Gasteiger partial charge in [0.05, 0.1) is 11.4 Å². The van der Waals surface area contributed by atoms with Crippen LogP contribution in [0.25, 0.3) is 0 Å². The van der Waals surface area contributed by atoms with E-state index in [1.54, 1.807) is 18.2 Å². The van der Waals surface area contributed by atoms with Crippen LogP contribution < -0.4 is 5.32 Å². The Morgan fingerprint density at radius 3 is 2.39 bits per heavy atom. The van der Waals surface area contributed by atoms with Gasteiger partial charge in [-0.25, -0.2) is 4.79 Å². The number of esters is 1. The molecule has 0 aliphatic carbocycles. The number of rotatable bonds is 5. The van der Waals surface area contributed by atoms with Crippen molar-refractivity contribution in [2.75, 3.05) is 13.2 Å². The molecule has 0 spiro atoms. The van der Waals surface area contributed by atoms with Crippen molar-refractivity contribution in [1.82, 2.24) is 5.32 Å². The summed E-state index contributed by atoms with van der Waals surface area (Å²) in [5, 5.41) is 6.34. The number of carbonyl (C=O) groups is 2. The minimum atomic E-state index is -0.352. The van der Waals surface area contributed by atoms with E-state index >= 15 is 0 Å². The van der Waals surface area contributed by atoms with E-state index in [0.717, 1.165) is 0 Å². The molecule has 0 radical (unpaired) electrons. The number of ether oxygens (including phenoxy) is 1. The summed E-state index contributed by atoms with van der Waals surface area (Å²) in [5.41, 5.74) is 0. The Hall–Kier alpha value is -1.66. The van der Waals surface area contributed by atoms with Crippen LogP contribution in [-0.4, -0.2) is 25.0 Å². The zero-order valence-corrected chi connectivity index (χ0v) is 11.1. The molecule has 2 aromatic heterocycles. The topological polar surface area (TPSA) is 55.4 Å². The van der Waals surface area contributed by atoms with Gasteiger partial charge in [-0.3, -0.25) is 4.79 Å². The minimum absolute atomic E-state index is 0.142. The van der Waals surface area contributed by atoms with Crippen molar-refractivity contribution in [2.24, 2.45) is 0 Å². The second kappa shape index (κ2) is 6.32. The third-order valence-corrected chi connectivity index (χ3v) is 3.81. The van der Waals surface area contributed by atoms with E-state index in [1.807, 2.05) is 16.8 Å². The Kier molecular flexibility index (Phi) is 4.49. The summed E-state index contributed by atoms with van der Waals surface area (Å²) in [6.45, 7) is 0.488. The average molecular weight is 281 g/mol. The van der Waals surface area contributed by atoms with E-state index in [1.165, 1.54) is 22.7 Å². The van der Waals surface area contributed by atoms with Gasteiger partial charge in [0, 0.05) is 0 Å². The lowest BCUT2D eigenvalue weighted by molar-refractivity contribution is 0.0509. The van der Waals surface area contributed by atoms with Crippen LogP contribution in [0.3, 0.4) is 0 Å². The van der Waals surface area contributed by atoms with Crippen molar-refractivity contribution < 1.29 is 14.3 Å². The monoisotopic (exact) mass is 281 g/mol. The van der Waals surface area contributed by atoms with E-state index < -0.39 is 0 Å². The fraction of sp³-hybridized carbons (Fsp3) is 0.167. The second-order valence-corrected chi connectivity index (χ2v) is 5.24. The van der Waals surface area contributed by atoms with Crippen LogP contribution in [0.15, 0.2) is 35.0 Å². The molecule has 0 aromatic carbocycles. The number of thiophene rings is 2. The Balaban J connectivity index is 1.67. The van der Waals surface area contributed by atoms with Gasteiger partial charge >= 0.3 is 5.97 Å². The Morgan fingerprint density at radius 2 is 1.78 bits per heavy atom. The third-order valence-electron chi connectivity index (χ3n) is 2.09. The van der Waals surface area contributed by atoms with E-state index in [2.05, 4.69) is 5.32 Å². The Morgan fingerprint density at radius 1 is 1.11 bits per heavy atom. The largest absolute Gasteiger partial charge is 0.460 e. The van der Waals surface area contributed by atoms with Gasteiger partial charge < -0.3 is 10.1 Å². The first-order valence-electron chi connectivity index (χ1n) is 5.29. The number of hydrogen-bond donors (Lipinski definition) is 1. The quantitative estimate of drug-likeness (QED) is 0.676. The van der Waals surface area contributed by atoms with Crippen LogP contribution in [-0.2, 0) is 4.74 Å². The zero-order chi connectivity index (χ0) is 12.8. The molecule has 18 heavy (non-hydrogen) atoms. The van der Waals surface area contributed by atoms with Crippen molar-refractivity contribution in [3.8, 4) is 0 Å². The third kappa shape index (κ3) is 3.41.